The van der Waals surface area contributed by atoms with Gasteiger partial charge in [-0.15, -0.1) is 11.3 Å². The molecule has 0 spiro atoms. The summed E-state index contributed by atoms with van der Waals surface area (Å²) in [5, 5.41) is 0.848. The summed E-state index contributed by atoms with van der Waals surface area (Å²) in [4.78, 5) is 12.7. The summed E-state index contributed by atoms with van der Waals surface area (Å²) in [6, 6.07) is 20.9. The largest absolute Gasteiger partial charge is 0.497 e. The lowest BCUT2D eigenvalue weighted by atomic mass is 10.0. The van der Waals surface area contributed by atoms with Gasteiger partial charge < -0.3 is 19.9 Å². The van der Waals surface area contributed by atoms with Crippen LogP contribution in [-0.4, -0.2) is 45.4 Å². The van der Waals surface area contributed by atoms with E-state index in [-0.39, 0.29) is 24.6 Å². The molecule has 1 amide bonds. The minimum Gasteiger partial charge on any atom is -0.497 e. The lowest BCUT2D eigenvalue weighted by Crippen LogP contribution is -2.42. The maximum absolute atomic E-state index is 13.5. The van der Waals surface area contributed by atoms with Crippen molar-refractivity contribution in [1.29, 1.82) is 0 Å². The molecule has 5 rings (SSSR count). The van der Waals surface area contributed by atoms with Gasteiger partial charge in [-0.05, 0) is 60.0 Å². The molecule has 1 fully saturated rings. The number of rotatable bonds is 7. The number of methoxy groups -OCH3 is 1. The summed E-state index contributed by atoms with van der Waals surface area (Å²) in [6.07, 6.45) is -0.607. The summed E-state index contributed by atoms with van der Waals surface area (Å²) < 4.78 is 46.1. The molecule has 3 aromatic carbocycles. The van der Waals surface area contributed by atoms with E-state index < -0.39 is 22.0 Å². The van der Waals surface area contributed by atoms with E-state index in [9.17, 15) is 13.2 Å². The number of morpholine rings is 1. The van der Waals surface area contributed by atoms with Gasteiger partial charge in [-0.25, -0.2) is 8.42 Å². The van der Waals surface area contributed by atoms with Crippen molar-refractivity contribution in [3.05, 3.63) is 83.2 Å². The van der Waals surface area contributed by atoms with Crippen molar-refractivity contribution in [3.8, 4) is 17.2 Å². The van der Waals surface area contributed by atoms with Crippen LogP contribution in [0.15, 0.2) is 77.7 Å². The standard InChI is InChI=1S/C26H24N2O6S2/c1-32-17-6-8-18(9-7-17)34-19-10-12-20(13-11-19)36(30,31)28-14-15-33-22(16-28)24-21-4-2-3-5-23(21)35-25(24)26(27)29/h2-13,22H,14-16H2,1H3,(H2,27,29). The minimum absolute atomic E-state index is 0.0768. The highest BCUT2D eigenvalue weighted by Gasteiger charge is 2.34. The molecule has 2 heterocycles. The van der Waals surface area contributed by atoms with Gasteiger partial charge in [0.1, 0.15) is 17.2 Å². The van der Waals surface area contributed by atoms with Crippen molar-refractivity contribution in [3.63, 3.8) is 0 Å². The van der Waals surface area contributed by atoms with Gasteiger partial charge in [0.2, 0.25) is 10.0 Å². The average molecular weight is 525 g/mol. The molecule has 1 unspecified atom stereocenters. The number of carbonyl (C=O) groups excluding carboxylic acids is 1. The van der Waals surface area contributed by atoms with Crippen LogP contribution in [0.2, 0.25) is 0 Å². The van der Waals surface area contributed by atoms with Gasteiger partial charge in [-0.1, -0.05) is 18.2 Å². The Morgan fingerprint density at radius 2 is 1.64 bits per heavy atom. The lowest BCUT2D eigenvalue weighted by Gasteiger charge is -2.32. The molecule has 0 bridgehead atoms. The predicted molar refractivity (Wildman–Crippen MR) is 137 cm³/mol. The van der Waals surface area contributed by atoms with E-state index in [0.29, 0.717) is 27.7 Å². The minimum atomic E-state index is -3.80. The fraction of sp³-hybridized carbons (Fsp3) is 0.192. The number of nitrogens with zero attached hydrogens (tertiary/aromatic N) is 1. The van der Waals surface area contributed by atoms with Crippen LogP contribution < -0.4 is 15.2 Å². The van der Waals surface area contributed by atoms with E-state index in [1.165, 1.54) is 27.8 Å². The third-order valence-electron chi connectivity index (χ3n) is 5.97. The van der Waals surface area contributed by atoms with Gasteiger partial charge >= 0.3 is 0 Å². The van der Waals surface area contributed by atoms with E-state index in [1.807, 2.05) is 24.3 Å². The highest BCUT2D eigenvalue weighted by molar-refractivity contribution is 7.89. The molecule has 186 valence electrons. The second kappa shape index (κ2) is 9.90. The molecule has 36 heavy (non-hydrogen) atoms. The molecule has 1 saturated heterocycles. The summed E-state index contributed by atoms with van der Waals surface area (Å²) in [5.74, 6) is 1.28. The zero-order chi connectivity index (χ0) is 25.3. The summed E-state index contributed by atoms with van der Waals surface area (Å²) in [5.41, 5.74) is 6.29. The molecule has 4 aromatic rings. The van der Waals surface area contributed by atoms with Crippen molar-refractivity contribution in [2.75, 3.05) is 26.8 Å². The van der Waals surface area contributed by atoms with Gasteiger partial charge in [0.05, 0.1) is 29.6 Å². The molecule has 0 radical (unpaired) electrons. The van der Waals surface area contributed by atoms with Crippen LogP contribution in [0.5, 0.6) is 17.2 Å². The first kappa shape index (κ1) is 24.3. The summed E-state index contributed by atoms with van der Waals surface area (Å²) in [6.45, 7) is 0.481. The van der Waals surface area contributed by atoms with Crippen LogP contribution in [0.25, 0.3) is 10.1 Å². The van der Waals surface area contributed by atoms with Gasteiger partial charge in [0, 0.05) is 23.4 Å². The van der Waals surface area contributed by atoms with Gasteiger partial charge in [-0.2, -0.15) is 4.31 Å². The van der Waals surface area contributed by atoms with Crippen molar-refractivity contribution < 1.29 is 27.4 Å². The van der Waals surface area contributed by atoms with Gasteiger partial charge in [0.25, 0.3) is 5.91 Å². The summed E-state index contributed by atoms with van der Waals surface area (Å²) >= 11 is 1.29. The Hall–Kier alpha value is -3.44. The Bertz CT molecular complexity index is 1500. The Kier molecular flexibility index (Phi) is 6.67. The molecule has 1 aliphatic rings. The monoisotopic (exact) mass is 524 g/mol. The number of primary amides is 1. The summed E-state index contributed by atoms with van der Waals surface area (Å²) in [7, 11) is -2.21. The number of carbonyl (C=O) groups is 1. The van der Waals surface area contributed by atoms with Gasteiger partial charge in [0.15, 0.2) is 0 Å². The number of fused-ring (bicyclic) bond motifs is 1. The van der Waals surface area contributed by atoms with E-state index in [2.05, 4.69) is 0 Å². The normalized spacial score (nSPS) is 16.6. The fourth-order valence-electron chi connectivity index (χ4n) is 4.20. The quantitative estimate of drug-likeness (QED) is 0.380. The van der Waals surface area contributed by atoms with E-state index in [1.54, 1.807) is 43.5 Å². The molecule has 2 N–H and O–H groups in total. The topological polar surface area (TPSA) is 108 Å². The SMILES string of the molecule is COc1ccc(Oc2ccc(S(=O)(=O)N3CCOC(c4c(C(N)=O)sc5ccccc45)C3)cc2)cc1. The second-order valence-corrected chi connectivity index (χ2v) is 11.2. The maximum atomic E-state index is 13.5. The van der Waals surface area contributed by atoms with E-state index in [0.717, 1.165) is 10.1 Å². The molecule has 1 aromatic heterocycles. The van der Waals surface area contributed by atoms with Crippen LogP contribution >= 0.6 is 11.3 Å². The molecular weight excluding hydrogens is 500 g/mol. The zero-order valence-corrected chi connectivity index (χ0v) is 21.1. The molecule has 0 aliphatic carbocycles. The van der Waals surface area contributed by atoms with E-state index >= 15 is 0 Å². The first-order chi connectivity index (χ1) is 17.4. The Balaban J connectivity index is 1.37. The van der Waals surface area contributed by atoms with Crippen LogP contribution in [0, 0.1) is 0 Å². The number of hydrogen-bond donors (Lipinski definition) is 1. The zero-order valence-electron chi connectivity index (χ0n) is 19.4. The highest BCUT2D eigenvalue weighted by Crippen LogP contribution is 2.39. The molecule has 0 saturated carbocycles. The Morgan fingerprint density at radius 3 is 2.31 bits per heavy atom. The number of sulfonamides is 1. The van der Waals surface area contributed by atoms with Crippen LogP contribution in [0.1, 0.15) is 21.3 Å². The first-order valence-corrected chi connectivity index (χ1v) is 13.5. The molecule has 1 aliphatic heterocycles. The third kappa shape index (κ3) is 4.68. The average Bonchev–Trinajstić information content (AvgIpc) is 3.30. The molecule has 8 nitrogen and oxygen atoms in total. The Morgan fingerprint density at radius 1 is 1.00 bits per heavy atom. The first-order valence-electron chi connectivity index (χ1n) is 11.2. The number of amides is 1. The third-order valence-corrected chi connectivity index (χ3v) is 9.05. The number of benzene rings is 3. The number of thiophene rings is 1. The van der Waals surface area contributed by atoms with Crippen molar-refractivity contribution >= 4 is 37.4 Å². The smallest absolute Gasteiger partial charge is 0.259 e. The number of ether oxygens (including phenoxy) is 3. The van der Waals surface area contributed by atoms with Crippen LogP contribution in [0.3, 0.4) is 0 Å². The van der Waals surface area contributed by atoms with Crippen molar-refractivity contribution in [2.45, 2.75) is 11.0 Å². The van der Waals surface area contributed by atoms with Crippen molar-refractivity contribution in [1.82, 2.24) is 4.31 Å². The second-order valence-electron chi connectivity index (χ2n) is 8.18. The maximum Gasteiger partial charge on any atom is 0.259 e. The fourth-order valence-corrected chi connectivity index (χ4v) is 6.73. The molecule has 10 heteroatoms. The molecular formula is C26H24N2O6S2. The molecule has 1 atom stereocenters. The lowest BCUT2D eigenvalue weighted by molar-refractivity contribution is -0.00188. The Labute approximate surface area is 212 Å². The van der Waals surface area contributed by atoms with Crippen molar-refractivity contribution in [2.24, 2.45) is 5.73 Å². The van der Waals surface area contributed by atoms with Crippen LogP contribution in [0.4, 0.5) is 0 Å². The number of hydrogen-bond acceptors (Lipinski definition) is 7. The van der Waals surface area contributed by atoms with Gasteiger partial charge in [-0.3, -0.25) is 4.79 Å². The van der Waals surface area contributed by atoms with Crippen LogP contribution in [-0.2, 0) is 14.8 Å². The van der Waals surface area contributed by atoms with E-state index in [4.69, 9.17) is 19.9 Å². The predicted octanol–water partition coefficient (Wildman–Crippen LogP) is 4.56. The number of nitrogens with two attached hydrogens (primary N) is 1. The highest BCUT2D eigenvalue weighted by atomic mass is 32.2.